The third kappa shape index (κ3) is 2.06. The molecule has 1 aliphatic carbocycles. The lowest BCUT2D eigenvalue weighted by Gasteiger charge is -2.05. The molecule has 0 bridgehead atoms. The molecule has 2 heterocycles. The van der Waals surface area contributed by atoms with Gasteiger partial charge in [-0.3, -0.25) is 15.1 Å². The second-order valence-corrected chi connectivity index (χ2v) is 4.32. The lowest BCUT2D eigenvalue weighted by atomic mass is 10.2. The van der Waals surface area contributed by atoms with Gasteiger partial charge in [-0.2, -0.15) is 0 Å². The maximum absolute atomic E-state index is 12.0. The van der Waals surface area contributed by atoms with Crippen LogP contribution in [0, 0.1) is 6.92 Å². The van der Waals surface area contributed by atoms with Crippen LogP contribution in [0.15, 0.2) is 18.3 Å². The van der Waals surface area contributed by atoms with Crippen LogP contribution in [0.25, 0.3) is 0 Å². The number of tetrazole rings is 1. The van der Waals surface area contributed by atoms with Gasteiger partial charge in [-0.25, -0.2) is 4.68 Å². The van der Waals surface area contributed by atoms with Crippen molar-refractivity contribution in [3.05, 3.63) is 29.6 Å². The van der Waals surface area contributed by atoms with Crippen LogP contribution in [0.5, 0.6) is 0 Å². The van der Waals surface area contributed by atoms with Crippen molar-refractivity contribution in [1.82, 2.24) is 25.2 Å². The first-order valence-corrected chi connectivity index (χ1v) is 5.76. The highest BCUT2D eigenvalue weighted by atomic mass is 16.1. The van der Waals surface area contributed by atoms with Gasteiger partial charge in [-0.15, -0.1) is 0 Å². The molecule has 0 radical (unpaired) electrons. The van der Waals surface area contributed by atoms with Crippen molar-refractivity contribution in [1.29, 1.82) is 0 Å². The number of pyridine rings is 1. The summed E-state index contributed by atoms with van der Waals surface area (Å²) in [4.78, 5) is 16.1. The summed E-state index contributed by atoms with van der Waals surface area (Å²) < 4.78 is 1.66. The molecule has 1 saturated carbocycles. The van der Waals surface area contributed by atoms with E-state index in [0.717, 1.165) is 18.5 Å². The number of aryl methyl sites for hydroxylation is 1. The van der Waals surface area contributed by atoms with E-state index >= 15 is 0 Å². The average molecular weight is 244 g/mol. The molecule has 3 rings (SSSR count). The Hall–Kier alpha value is -2.31. The number of hydrogen-bond donors (Lipinski definition) is 1. The Bertz CT molecular complexity index is 589. The number of rotatable bonds is 3. The molecule has 1 fully saturated rings. The molecular formula is C11H12N6O. The van der Waals surface area contributed by atoms with Gasteiger partial charge in [0, 0.05) is 17.5 Å². The van der Waals surface area contributed by atoms with Gasteiger partial charge >= 0.3 is 0 Å². The van der Waals surface area contributed by atoms with Gasteiger partial charge in [-0.05, 0) is 42.3 Å². The zero-order valence-electron chi connectivity index (χ0n) is 9.87. The van der Waals surface area contributed by atoms with Gasteiger partial charge in [0.15, 0.2) is 0 Å². The summed E-state index contributed by atoms with van der Waals surface area (Å²) in [6.45, 7) is 1.84. The Morgan fingerprint density at radius 3 is 3.06 bits per heavy atom. The minimum Gasteiger partial charge on any atom is -0.289 e. The molecule has 1 amide bonds. The number of carbonyl (C=O) groups is 1. The van der Waals surface area contributed by atoms with Crippen molar-refractivity contribution in [3.63, 3.8) is 0 Å². The van der Waals surface area contributed by atoms with Crippen LogP contribution < -0.4 is 5.32 Å². The highest BCUT2D eigenvalue weighted by molar-refractivity contribution is 6.03. The number of anilines is 1. The topological polar surface area (TPSA) is 85.6 Å². The molecule has 1 aliphatic rings. The number of hydrogen-bond acceptors (Lipinski definition) is 5. The molecule has 1 N–H and O–H groups in total. The Morgan fingerprint density at radius 2 is 2.33 bits per heavy atom. The monoisotopic (exact) mass is 244 g/mol. The predicted molar refractivity (Wildman–Crippen MR) is 63.0 cm³/mol. The SMILES string of the molecule is Cc1cc(C(=O)Nc2nnnn2C2CC2)ccn1. The van der Waals surface area contributed by atoms with E-state index in [4.69, 9.17) is 0 Å². The first-order valence-electron chi connectivity index (χ1n) is 5.76. The van der Waals surface area contributed by atoms with Gasteiger partial charge in [0.1, 0.15) is 0 Å². The molecule has 7 heteroatoms. The average Bonchev–Trinajstić information content (AvgIpc) is 3.10. The zero-order chi connectivity index (χ0) is 12.5. The largest absolute Gasteiger partial charge is 0.289 e. The molecule has 18 heavy (non-hydrogen) atoms. The summed E-state index contributed by atoms with van der Waals surface area (Å²) in [7, 11) is 0. The number of nitrogens with one attached hydrogen (secondary N) is 1. The molecule has 0 atom stereocenters. The second-order valence-electron chi connectivity index (χ2n) is 4.32. The van der Waals surface area contributed by atoms with Crippen molar-refractivity contribution in [2.45, 2.75) is 25.8 Å². The standard InChI is InChI=1S/C11H12N6O/c1-7-6-8(4-5-12-7)10(18)13-11-14-15-16-17(11)9-2-3-9/h4-6,9H,2-3H2,1H3,(H,13,14,16,18). The Labute approximate surface area is 103 Å². The molecule has 0 aliphatic heterocycles. The van der Waals surface area contributed by atoms with Crippen LogP contribution in [-0.2, 0) is 0 Å². The van der Waals surface area contributed by atoms with E-state index in [1.54, 1.807) is 23.0 Å². The van der Waals surface area contributed by atoms with Crippen molar-refractivity contribution in [2.75, 3.05) is 5.32 Å². The van der Waals surface area contributed by atoms with E-state index in [0.29, 0.717) is 17.6 Å². The summed E-state index contributed by atoms with van der Waals surface area (Å²) in [5.74, 6) is 0.175. The van der Waals surface area contributed by atoms with Crippen molar-refractivity contribution in [2.24, 2.45) is 0 Å². The van der Waals surface area contributed by atoms with Crippen molar-refractivity contribution >= 4 is 11.9 Å². The van der Waals surface area contributed by atoms with Crippen LogP contribution in [0.1, 0.15) is 34.9 Å². The van der Waals surface area contributed by atoms with Crippen LogP contribution >= 0.6 is 0 Å². The number of nitrogens with zero attached hydrogens (tertiary/aromatic N) is 5. The van der Waals surface area contributed by atoms with E-state index in [1.165, 1.54) is 0 Å². The minimum absolute atomic E-state index is 0.225. The third-order valence-electron chi connectivity index (χ3n) is 2.77. The summed E-state index contributed by atoms with van der Waals surface area (Å²) in [5.41, 5.74) is 1.34. The summed E-state index contributed by atoms with van der Waals surface area (Å²) in [6.07, 6.45) is 3.72. The second kappa shape index (κ2) is 4.17. The van der Waals surface area contributed by atoms with Crippen LogP contribution in [-0.4, -0.2) is 31.1 Å². The van der Waals surface area contributed by atoms with Gasteiger partial charge in [0.05, 0.1) is 6.04 Å². The fourth-order valence-electron chi connectivity index (χ4n) is 1.70. The van der Waals surface area contributed by atoms with Crippen molar-refractivity contribution < 1.29 is 4.79 Å². The van der Waals surface area contributed by atoms with E-state index in [2.05, 4.69) is 25.8 Å². The van der Waals surface area contributed by atoms with Gasteiger partial charge in [0.2, 0.25) is 5.95 Å². The van der Waals surface area contributed by atoms with Gasteiger partial charge < -0.3 is 0 Å². The fraction of sp³-hybridized carbons (Fsp3) is 0.364. The Balaban J connectivity index is 1.79. The molecule has 0 saturated heterocycles. The van der Waals surface area contributed by atoms with E-state index in [1.807, 2.05) is 6.92 Å². The van der Waals surface area contributed by atoms with E-state index < -0.39 is 0 Å². The summed E-state index contributed by atoms with van der Waals surface area (Å²) >= 11 is 0. The molecule has 0 spiro atoms. The normalized spacial score (nSPS) is 14.5. The number of amides is 1. The lowest BCUT2D eigenvalue weighted by Crippen LogP contribution is -2.16. The fourth-order valence-corrected chi connectivity index (χ4v) is 1.70. The summed E-state index contributed by atoms with van der Waals surface area (Å²) in [5, 5.41) is 14.0. The van der Waals surface area contributed by atoms with Crippen LogP contribution in [0.3, 0.4) is 0 Å². The molecule has 2 aromatic rings. The van der Waals surface area contributed by atoms with Crippen molar-refractivity contribution in [3.8, 4) is 0 Å². The maximum atomic E-state index is 12.0. The Morgan fingerprint density at radius 1 is 1.50 bits per heavy atom. The third-order valence-corrected chi connectivity index (χ3v) is 2.77. The smallest absolute Gasteiger partial charge is 0.258 e. The molecule has 92 valence electrons. The molecular weight excluding hydrogens is 232 g/mol. The van der Waals surface area contributed by atoms with Gasteiger partial charge in [0.25, 0.3) is 5.91 Å². The maximum Gasteiger partial charge on any atom is 0.258 e. The first kappa shape index (κ1) is 10.8. The Kier molecular flexibility index (Phi) is 2.51. The number of carbonyl (C=O) groups excluding carboxylic acids is 1. The molecule has 0 aromatic carbocycles. The van der Waals surface area contributed by atoms with Crippen LogP contribution in [0.2, 0.25) is 0 Å². The first-order chi connectivity index (χ1) is 8.74. The number of aromatic nitrogens is 5. The predicted octanol–water partition coefficient (Wildman–Crippen LogP) is 0.964. The summed E-state index contributed by atoms with van der Waals surface area (Å²) in [6, 6.07) is 3.71. The lowest BCUT2D eigenvalue weighted by molar-refractivity contribution is 0.102. The molecule has 7 nitrogen and oxygen atoms in total. The highest BCUT2D eigenvalue weighted by Gasteiger charge is 2.28. The zero-order valence-corrected chi connectivity index (χ0v) is 9.87. The quantitative estimate of drug-likeness (QED) is 0.869. The van der Waals surface area contributed by atoms with E-state index in [9.17, 15) is 4.79 Å². The van der Waals surface area contributed by atoms with Crippen LogP contribution in [0.4, 0.5) is 5.95 Å². The molecule has 0 unspecified atom stereocenters. The minimum atomic E-state index is -0.225. The highest BCUT2D eigenvalue weighted by Crippen LogP contribution is 2.35. The molecule has 2 aromatic heterocycles. The van der Waals surface area contributed by atoms with Gasteiger partial charge in [-0.1, -0.05) is 5.10 Å². The van der Waals surface area contributed by atoms with E-state index in [-0.39, 0.29) is 5.91 Å².